The molecule has 2 amide bonds. The van der Waals surface area contributed by atoms with Gasteiger partial charge in [-0.2, -0.15) is 0 Å². The molecule has 2 aromatic heterocycles. The molecule has 9 heteroatoms. The van der Waals surface area contributed by atoms with Crippen LogP contribution in [-0.4, -0.2) is 51.8 Å². The Bertz CT molecular complexity index is 833. The summed E-state index contributed by atoms with van der Waals surface area (Å²) in [6.07, 6.45) is 1.25. The number of nitrogens with zero attached hydrogens (tertiary/aromatic N) is 3. The zero-order valence-corrected chi connectivity index (χ0v) is 15.9. The van der Waals surface area contributed by atoms with Gasteiger partial charge in [0.2, 0.25) is 5.95 Å². The van der Waals surface area contributed by atoms with E-state index >= 15 is 0 Å². The number of aromatic nitrogens is 2. The fraction of sp³-hybridized carbons (Fsp3) is 0.389. The van der Waals surface area contributed by atoms with Crippen LogP contribution in [0.15, 0.2) is 23.6 Å². The maximum absolute atomic E-state index is 12.5. The maximum Gasteiger partial charge on any atom is 0.329 e. The van der Waals surface area contributed by atoms with E-state index in [2.05, 4.69) is 15.3 Å². The molecular formula is C18H20N4O4S. The summed E-state index contributed by atoms with van der Waals surface area (Å²) in [5.41, 5.74) is 1.45. The second-order valence-electron chi connectivity index (χ2n) is 6.26. The first-order valence-corrected chi connectivity index (χ1v) is 9.45. The molecule has 0 saturated carbocycles. The van der Waals surface area contributed by atoms with E-state index in [1.165, 1.54) is 16.2 Å². The molecule has 27 heavy (non-hydrogen) atoms. The van der Waals surface area contributed by atoms with Crippen molar-refractivity contribution in [2.45, 2.75) is 32.7 Å². The minimum Gasteiger partial charge on any atom is -0.454 e. The minimum absolute atomic E-state index is 0.170. The zero-order valence-electron chi connectivity index (χ0n) is 15.1. The molecule has 142 valence electrons. The van der Waals surface area contributed by atoms with Crippen molar-refractivity contribution in [2.24, 2.45) is 0 Å². The number of hydrogen-bond acceptors (Lipinski definition) is 7. The van der Waals surface area contributed by atoms with Crippen molar-refractivity contribution in [1.82, 2.24) is 14.9 Å². The van der Waals surface area contributed by atoms with Crippen molar-refractivity contribution in [3.63, 3.8) is 0 Å². The van der Waals surface area contributed by atoms with Gasteiger partial charge in [0.25, 0.3) is 11.8 Å². The Kier molecular flexibility index (Phi) is 5.80. The van der Waals surface area contributed by atoms with E-state index in [4.69, 9.17) is 4.74 Å². The molecule has 0 spiro atoms. The lowest BCUT2D eigenvalue weighted by Crippen LogP contribution is -2.41. The van der Waals surface area contributed by atoms with Crippen LogP contribution < -0.4 is 5.32 Å². The first-order chi connectivity index (χ1) is 12.9. The van der Waals surface area contributed by atoms with Gasteiger partial charge >= 0.3 is 5.97 Å². The highest BCUT2D eigenvalue weighted by Gasteiger charge is 2.36. The molecule has 0 bridgehead atoms. The summed E-state index contributed by atoms with van der Waals surface area (Å²) in [5.74, 6) is -1.11. The van der Waals surface area contributed by atoms with Crippen LogP contribution in [0, 0.1) is 13.8 Å². The van der Waals surface area contributed by atoms with Crippen molar-refractivity contribution in [1.29, 1.82) is 0 Å². The van der Waals surface area contributed by atoms with E-state index in [1.54, 1.807) is 32.0 Å². The molecule has 8 nitrogen and oxygen atoms in total. The predicted octanol–water partition coefficient (Wildman–Crippen LogP) is 1.94. The smallest absolute Gasteiger partial charge is 0.329 e. The van der Waals surface area contributed by atoms with Crippen molar-refractivity contribution >= 4 is 35.1 Å². The molecule has 0 radical (unpaired) electrons. The highest BCUT2D eigenvalue weighted by Crippen LogP contribution is 2.23. The lowest BCUT2D eigenvalue weighted by molar-refractivity contribution is -0.151. The molecular weight excluding hydrogens is 368 g/mol. The quantitative estimate of drug-likeness (QED) is 0.786. The largest absolute Gasteiger partial charge is 0.454 e. The highest BCUT2D eigenvalue weighted by molar-refractivity contribution is 7.12. The number of ether oxygens (including phenoxy) is 1. The number of hydrogen-bond donors (Lipinski definition) is 1. The van der Waals surface area contributed by atoms with Gasteiger partial charge in [0.05, 0.1) is 4.88 Å². The van der Waals surface area contributed by atoms with Crippen LogP contribution in [0.25, 0.3) is 0 Å². The molecule has 3 rings (SSSR count). The molecule has 1 fully saturated rings. The number of nitrogens with one attached hydrogen (secondary N) is 1. The van der Waals surface area contributed by atoms with Crippen LogP contribution in [-0.2, 0) is 14.3 Å². The summed E-state index contributed by atoms with van der Waals surface area (Å²) in [5, 5.41) is 4.32. The Morgan fingerprint density at radius 2 is 2.04 bits per heavy atom. The summed E-state index contributed by atoms with van der Waals surface area (Å²) >= 11 is 1.33. The fourth-order valence-electron chi connectivity index (χ4n) is 2.97. The molecule has 1 aliphatic rings. The topological polar surface area (TPSA) is 101 Å². The van der Waals surface area contributed by atoms with E-state index in [0.717, 1.165) is 17.8 Å². The van der Waals surface area contributed by atoms with Crippen LogP contribution in [0.4, 0.5) is 5.95 Å². The number of likely N-dealkylation sites (tertiary alicyclic amines) is 1. The van der Waals surface area contributed by atoms with Gasteiger partial charge in [-0.3, -0.25) is 14.9 Å². The Labute approximate surface area is 160 Å². The third-order valence-electron chi connectivity index (χ3n) is 4.10. The van der Waals surface area contributed by atoms with Crippen molar-refractivity contribution in [3.05, 3.63) is 39.8 Å². The second-order valence-corrected chi connectivity index (χ2v) is 7.21. The Morgan fingerprint density at radius 3 is 2.70 bits per heavy atom. The molecule has 1 unspecified atom stereocenters. The average Bonchev–Trinajstić information content (AvgIpc) is 3.29. The monoisotopic (exact) mass is 388 g/mol. The lowest BCUT2D eigenvalue weighted by Gasteiger charge is -2.22. The number of carbonyl (C=O) groups excluding carboxylic acids is 3. The molecule has 0 aromatic carbocycles. The van der Waals surface area contributed by atoms with Gasteiger partial charge in [0, 0.05) is 17.9 Å². The molecule has 0 aliphatic carbocycles. The second kappa shape index (κ2) is 8.26. The summed E-state index contributed by atoms with van der Waals surface area (Å²) < 4.78 is 5.12. The number of thiophene rings is 1. The van der Waals surface area contributed by atoms with Crippen molar-refractivity contribution in [3.8, 4) is 0 Å². The first-order valence-electron chi connectivity index (χ1n) is 8.57. The SMILES string of the molecule is Cc1cc(C)nc(NC(=O)COC(=O)C2CCCN2C(=O)c2cccs2)n1. The number of aryl methyl sites for hydroxylation is 2. The summed E-state index contributed by atoms with van der Waals surface area (Å²) in [7, 11) is 0. The van der Waals surface area contributed by atoms with Gasteiger partial charge in [-0.1, -0.05) is 6.07 Å². The average molecular weight is 388 g/mol. The number of esters is 1. The Balaban J connectivity index is 1.55. The Morgan fingerprint density at radius 1 is 1.30 bits per heavy atom. The maximum atomic E-state index is 12.5. The minimum atomic E-state index is -0.662. The molecule has 2 aromatic rings. The van der Waals surface area contributed by atoms with Gasteiger partial charge in [-0.15, -0.1) is 11.3 Å². The third kappa shape index (κ3) is 4.68. The van der Waals surface area contributed by atoms with E-state index < -0.39 is 24.5 Å². The molecule has 1 N–H and O–H groups in total. The van der Waals surface area contributed by atoms with E-state index in [0.29, 0.717) is 17.8 Å². The van der Waals surface area contributed by atoms with Gasteiger partial charge in [-0.05, 0) is 44.2 Å². The van der Waals surface area contributed by atoms with E-state index in [-0.39, 0.29) is 11.9 Å². The molecule has 1 saturated heterocycles. The van der Waals surface area contributed by atoms with Crippen LogP contribution in [0.5, 0.6) is 0 Å². The molecule has 3 heterocycles. The van der Waals surface area contributed by atoms with Gasteiger partial charge < -0.3 is 9.64 Å². The van der Waals surface area contributed by atoms with Crippen LogP contribution >= 0.6 is 11.3 Å². The summed E-state index contributed by atoms with van der Waals surface area (Å²) in [6, 6.07) is 4.64. The third-order valence-corrected chi connectivity index (χ3v) is 4.95. The van der Waals surface area contributed by atoms with Crippen LogP contribution in [0.3, 0.4) is 0 Å². The molecule has 1 atom stereocenters. The number of carbonyl (C=O) groups is 3. The van der Waals surface area contributed by atoms with Crippen molar-refractivity contribution < 1.29 is 19.1 Å². The Hall–Kier alpha value is -2.81. The van der Waals surface area contributed by atoms with E-state index in [9.17, 15) is 14.4 Å². The van der Waals surface area contributed by atoms with Gasteiger partial charge in [-0.25, -0.2) is 14.8 Å². The van der Waals surface area contributed by atoms with Gasteiger partial charge in [0.1, 0.15) is 6.04 Å². The van der Waals surface area contributed by atoms with Crippen molar-refractivity contribution in [2.75, 3.05) is 18.5 Å². The highest BCUT2D eigenvalue weighted by atomic mass is 32.1. The zero-order chi connectivity index (χ0) is 19.4. The summed E-state index contributed by atoms with van der Waals surface area (Å²) in [4.78, 5) is 47.2. The first kappa shape index (κ1) is 19.0. The number of rotatable bonds is 5. The standard InChI is InChI=1S/C18H20N4O4S/c1-11-9-12(2)20-18(19-11)21-15(23)10-26-17(25)13-5-3-7-22(13)16(24)14-6-4-8-27-14/h4,6,8-9,13H,3,5,7,10H2,1-2H3,(H,19,20,21,23). The number of anilines is 1. The lowest BCUT2D eigenvalue weighted by atomic mass is 10.2. The van der Waals surface area contributed by atoms with Crippen LogP contribution in [0.2, 0.25) is 0 Å². The molecule has 1 aliphatic heterocycles. The normalized spacial score (nSPS) is 16.2. The predicted molar refractivity (Wildman–Crippen MR) is 99.5 cm³/mol. The van der Waals surface area contributed by atoms with Gasteiger partial charge in [0.15, 0.2) is 6.61 Å². The fourth-order valence-corrected chi connectivity index (χ4v) is 3.65. The van der Waals surface area contributed by atoms with Crippen LogP contribution in [0.1, 0.15) is 33.9 Å². The summed E-state index contributed by atoms with van der Waals surface area (Å²) in [6.45, 7) is 3.64. The van der Waals surface area contributed by atoms with E-state index in [1.807, 2.05) is 5.38 Å². The number of amides is 2.